The minimum absolute atomic E-state index is 0.802. The van der Waals surface area contributed by atoms with Crippen molar-refractivity contribution in [2.75, 3.05) is 5.73 Å². The summed E-state index contributed by atoms with van der Waals surface area (Å²) in [6.45, 7) is 3.08. The van der Waals surface area contributed by atoms with Crippen molar-refractivity contribution in [2.45, 2.75) is 38.8 Å². The fourth-order valence-corrected chi connectivity index (χ4v) is 4.71. The van der Waals surface area contributed by atoms with Gasteiger partial charge in [-0.2, -0.15) is 0 Å². The van der Waals surface area contributed by atoms with Crippen LogP contribution in [0.5, 0.6) is 0 Å². The van der Waals surface area contributed by atoms with Crippen LogP contribution in [0.4, 0.5) is 5.69 Å². The van der Waals surface area contributed by atoms with E-state index in [1.54, 1.807) is 0 Å². The molecule has 2 heteroatoms. The first-order chi connectivity index (χ1) is 8.74. The Morgan fingerprint density at radius 3 is 2.67 bits per heavy atom. The molecule has 3 aliphatic rings. The van der Waals surface area contributed by atoms with Crippen LogP contribution in [0.15, 0.2) is 18.2 Å². The molecule has 0 aromatic heterocycles. The largest absolute Gasteiger partial charge is 0.398 e. The number of rotatable bonds is 3. The number of nitrogen functional groups attached to an aromatic ring is 1. The zero-order chi connectivity index (χ0) is 12.3. The lowest BCUT2D eigenvalue weighted by Gasteiger charge is -2.12. The number of nitrogens with two attached hydrogens (primary N) is 1. The molecule has 0 heterocycles. The van der Waals surface area contributed by atoms with Gasteiger partial charge in [0.1, 0.15) is 0 Å². The fraction of sp³-hybridized carbons (Fsp3) is 0.625. The van der Waals surface area contributed by atoms with E-state index in [1.807, 2.05) is 6.07 Å². The molecular formula is C16H22N2. The van der Waals surface area contributed by atoms with Gasteiger partial charge < -0.3 is 11.1 Å². The highest BCUT2D eigenvalue weighted by molar-refractivity contribution is 5.48. The van der Waals surface area contributed by atoms with Gasteiger partial charge in [0.2, 0.25) is 0 Å². The number of aryl methyl sites for hydroxylation is 1. The zero-order valence-corrected chi connectivity index (χ0v) is 11.0. The van der Waals surface area contributed by atoms with E-state index in [-0.39, 0.29) is 0 Å². The van der Waals surface area contributed by atoms with Crippen LogP contribution in [0.25, 0.3) is 0 Å². The summed E-state index contributed by atoms with van der Waals surface area (Å²) in [7, 11) is 0. The van der Waals surface area contributed by atoms with Gasteiger partial charge in [-0.15, -0.1) is 0 Å². The fourth-order valence-electron chi connectivity index (χ4n) is 4.71. The van der Waals surface area contributed by atoms with Gasteiger partial charge in [-0.3, -0.25) is 0 Å². The third-order valence-corrected chi connectivity index (χ3v) is 5.56. The minimum atomic E-state index is 0.802. The Morgan fingerprint density at radius 1 is 1.22 bits per heavy atom. The molecule has 2 bridgehead atoms. The van der Waals surface area contributed by atoms with Gasteiger partial charge in [-0.1, -0.05) is 17.7 Å². The summed E-state index contributed by atoms with van der Waals surface area (Å²) in [5, 5.41) is 3.76. The molecule has 18 heavy (non-hydrogen) atoms. The van der Waals surface area contributed by atoms with Crippen LogP contribution < -0.4 is 11.1 Å². The van der Waals surface area contributed by atoms with Gasteiger partial charge in [0, 0.05) is 18.3 Å². The molecule has 0 radical (unpaired) electrons. The van der Waals surface area contributed by atoms with Gasteiger partial charge in [-0.05, 0) is 61.5 Å². The number of benzene rings is 1. The molecule has 4 rings (SSSR count). The first kappa shape index (κ1) is 10.9. The molecule has 3 fully saturated rings. The van der Waals surface area contributed by atoms with Crippen LogP contribution in [0.2, 0.25) is 0 Å². The van der Waals surface area contributed by atoms with E-state index in [1.165, 1.54) is 30.4 Å². The number of hydrogen-bond acceptors (Lipinski definition) is 2. The second kappa shape index (κ2) is 3.74. The van der Waals surface area contributed by atoms with Crippen molar-refractivity contribution in [3.8, 4) is 0 Å². The lowest BCUT2D eigenvalue weighted by molar-refractivity contribution is 0.456. The maximum atomic E-state index is 6.04. The zero-order valence-electron chi connectivity index (χ0n) is 11.0. The molecule has 4 atom stereocenters. The molecule has 0 spiro atoms. The van der Waals surface area contributed by atoms with Crippen LogP contribution >= 0.6 is 0 Å². The molecule has 0 saturated heterocycles. The van der Waals surface area contributed by atoms with Crippen molar-refractivity contribution in [1.29, 1.82) is 0 Å². The molecule has 3 aliphatic carbocycles. The van der Waals surface area contributed by atoms with E-state index >= 15 is 0 Å². The first-order valence-corrected chi connectivity index (χ1v) is 7.32. The predicted octanol–water partition coefficient (Wildman–Crippen LogP) is 2.71. The molecular weight excluding hydrogens is 220 g/mol. The Bertz CT molecular complexity index is 466. The highest BCUT2D eigenvalue weighted by Crippen LogP contribution is 2.65. The summed E-state index contributed by atoms with van der Waals surface area (Å²) in [5.74, 6) is 4.12. The maximum Gasteiger partial charge on any atom is 0.0359 e. The van der Waals surface area contributed by atoms with E-state index in [0.717, 1.165) is 41.9 Å². The molecule has 1 aromatic rings. The summed E-state index contributed by atoms with van der Waals surface area (Å²) in [4.78, 5) is 0. The van der Waals surface area contributed by atoms with Crippen LogP contribution in [0.3, 0.4) is 0 Å². The number of nitrogens with one attached hydrogen (secondary N) is 1. The minimum Gasteiger partial charge on any atom is -0.398 e. The summed E-state index contributed by atoms with van der Waals surface area (Å²) in [5.41, 5.74) is 9.54. The van der Waals surface area contributed by atoms with E-state index in [9.17, 15) is 0 Å². The van der Waals surface area contributed by atoms with E-state index in [2.05, 4.69) is 24.4 Å². The van der Waals surface area contributed by atoms with Crippen molar-refractivity contribution in [3.63, 3.8) is 0 Å². The monoisotopic (exact) mass is 242 g/mol. The number of hydrogen-bond donors (Lipinski definition) is 2. The summed E-state index contributed by atoms with van der Waals surface area (Å²) in [6.07, 6.45) is 4.52. The standard InChI is InChI=1S/C16H22N2/c1-9-2-5-13(17)12(6-9)8-18-16-14-10-3-4-11(7-10)15(14)16/h2,5-6,10-11,14-16,18H,3-4,7-8,17H2,1H3. The highest BCUT2D eigenvalue weighted by atomic mass is 15.0. The van der Waals surface area contributed by atoms with E-state index in [4.69, 9.17) is 5.73 Å². The summed E-state index contributed by atoms with van der Waals surface area (Å²) >= 11 is 0. The van der Waals surface area contributed by atoms with Crippen LogP contribution in [-0.4, -0.2) is 6.04 Å². The average molecular weight is 242 g/mol. The summed E-state index contributed by atoms with van der Waals surface area (Å²) in [6, 6.07) is 7.14. The quantitative estimate of drug-likeness (QED) is 0.800. The SMILES string of the molecule is Cc1ccc(N)c(CNC2C3C4CCC(C4)C23)c1. The lowest BCUT2D eigenvalue weighted by atomic mass is 10.0. The predicted molar refractivity (Wildman–Crippen MR) is 74.0 cm³/mol. The van der Waals surface area contributed by atoms with Crippen molar-refractivity contribution < 1.29 is 0 Å². The second-order valence-corrected chi connectivity index (χ2v) is 6.60. The van der Waals surface area contributed by atoms with E-state index < -0.39 is 0 Å². The second-order valence-electron chi connectivity index (χ2n) is 6.60. The topological polar surface area (TPSA) is 38.0 Å². The van der Waals surface area contributed by atoms with Gasteiger partial charge in [0.15, 0.2) is 0 Å². The molecule has 1 aromatic carbocycles. The molecule has 4 unspecified atom stereocenters. The van der Waals surface area contributed by atoms with Crippen LogP contribution in [-0.2, 0) is 6.54 Å². The molecule has 0 aliphatic heterocycles. The van der Waals surface area contributed by atoms with E-state index in [0.29, 0.717) is 0 Å². The molecule has 3 saturated carbocycles. The highest BCUT2D eigenvalue weighted by Gasteiger charge is 2.64. The van der Waals surface area contributed by atoms with Gasteiger partial charge in [0.25, 0.3) is 0 Å². The Kier molecular flexibility index (Phi) is 2.25. The first-order valence-electron chi connectivity index (χ1n) is 7.32. The third-order valence-electron chi connectivity index (χ3n) is 5.56. The molecule has 2 nitrogen and oxygen atoms in total. The Hall–Kier alpha value is -1.02. The van der Waals surface area contributed by atoms with Crippen molar-refractivity contribution in [3.05, 3.63) is 29.3 Å². The summed E-state index contributed by atoms with van der Waals surface area (Å²) < 4.78 is 0. The Morgan fingerprint density at radius 2 is 1.94 bits per heavy atom. The molecule has 96 valence electrons. The van der Waals surface area contributed by atoms with Crippen LogP contribution in [0, 0.1) is 30.6 Å². The van der Waals surface area contributed by atoms with Gasteiger partial charge >= 0.3 is 0 Å². The van der Waals surface area contributed by atoms with Crippen molar-refractivity contribution >= 4 is 5.69 Å². The Labute approximate surface area is 109 Å². The normalized spacial score (nSPS) is 39.9. The average Bonchev–Trinajstić information content (AvgIpc) is 2.76. The van der Waals surface area contributed by atoms with Crippen molar-refractivity contribution in [2.24, 2.45) is 23.7 Å². The Balaban J connectivity index is 1.41. The smallest absolute Gasteiger partial charge is 0.0359 e. The molecule has 0 amide bonds. The van der Waals surface area contributed by atoms with Gasteiger partial charge in [-0.25, -0.2) is 0 Å². The van der Waals surface area contributed by atoms with Crippen molar-refractivity contribution in [1.82, 2.24) is 5.32 Å². The maximum absolute atomic E-state index is 6.04. The van der Waals surface area contributed by atoms with Gasteiger partial charge in [0.05, 0.1) is 0 Å². The lowest BCUT2D eigenvalue weighted by Crippen LogP contribution is -2.23. The number of fused-ring (bicyclic) bond motifs is 5. The third kappa shape index (κ3) is 1.51. The number of anilines is 1. The van der Waals surface area contributed by atoms with Crippen LogP contribution in [0.1, 0.15) is 30.4 Å². The molecule has 3 N–H and O–H groups in total.